The Morgan fingerprint density at radius 1 is 1.11 bits per heavy atom. The Kier molecular flexibility index (Phi) is 6.58. The molecule has 1 N–H and O–H groups in total. The lowest BCUT2D eigenvalue weighted by molar-refractivity contribution is 0.0899. The van der Waals surface area contributed by atoms with E-state index in [2.05, 4.69) is 63.2 Å². The number of piperidine rings is 1. The van der Waals surface area contributed by atoms with Crippen LogP contribution >= 0.6 is 0 Å². The standard InChI is InChI=1S/C26H38N6O2Si/c1-26-16-30(10-7-21(26)14-32(17-26)23-20(15-33)6-5-9-27-23)24-22-8-11-31(25(22)29-18-28-24)19-34-12-13-35(2,3)4/h5-6,8-9,11,18,21,33H,7,10,12-17,19H2,1-4H3/t21-,26+/m1/s1. The van der Waals surface area contributed by atoms with E-state index in [0.717, 1.165) is 73.5 Å². The third-order valence-corrected chi connectivity index (χ3v) is 9.38. The van der Waals surface area contributed by atoms with Gasteiger partial charge in [0.1, 0.15) is 30.3 Å². The highest BCUT2D eigenvalue weighted by atomic mass is 28.3. The minimum Gasteiger partial charge on any atom is -0.392 e. The van der Waals surface area contributed by atoms with E-state index in [1.165, 1.54) is 0 Å². The summed E-state index contributed by atoms with van der Waals surface area (Å²) in [5.74, 6) is 2.53. The van der Waals surface area contributed by atoms with Gasteiger partial charge in [-0.2, -0.15) is 0 Å². The van der Waals surface area contributed by atoms with E-state index < -0.39 is 8.07 Å². The fourth-order valence-corrected chi connectivity index (χ4v) is 6.39. The van der Waals surface area contributed by atoms with Gasteiger partial charge in [0, 0.05) is 64.2 Å². The van der Waals surface area contributed by atoms with E-state index in [-0.39, 0.29) is 12.0 Å². The average Bonchev–Trinajstić information content (AvgIpc) is 3.41. The van der Waals surface area contributed by atoms with Crippen molar-refractivity contribution in [2.24, 2.45) is 11.3 Å². The molecule has 0 amide bonds. The molecular weight excluding hydrogens is 456 g/mol. The molecule has 0 radical (unpaired) electrons. The zero-order chi connectivity index (χ0) is 24.6. The predicted octanol–water partition coefficient (Wildman–Crippen LogP) is 3.98. The maximum atomic E-state index is 9.80. The van der Waals surface area contributed by atoms with Gasteiger partial charge in [0.05, 0.1) is 12.0 Å². The van der Waals surface area contributed by atoms with E-state index >= 15 is 0 Å². The van der Waals surface area contributed by atoms with Gasteiger partial charge in [0.15, 0.2) is 0 Å². The van der Waals surface area contributed by atoms with E-state index in [1.54, 1.807) is 6.33 Å². The smallest absolute Gasteiger partial charge is 0.147 e. The second kappa shape index (κ2) is 9.52. The van der Waals surface area contributed by atoms with Crippen LogP contribution in [0.1, 0.15) is 18.9 Å². The molecular formula is C26H38N6O2Si. The van der Waals surface area contributed by atoms with Gasteiger partial charge in [-0.3, -0.25) is 0 Å². The third-order valence-electron chi connectivity index (χ3n) is 7.68. The Morgan fingerprint density at radius 2 is 1.94 bits per heavy atom. The predicted molar refractivity (Wildman–Crippen MR) is 142 cm³/mol. The first-order chi connectivity index (χ1) is 16.8. The van der Waals surface area contributed by atoms with Crippen LogP contribution in [-0.4, -0.2) is 65.5 Å². The fraction of sp³-hybridized carbons (Fsp3) is 0.577. The zero-order valence-electron chi connectivity index (χ0n) is 21.4. The summed E-state index contributed by atoms with van der Waals surface area (Å²) < 4.78 is 8.08. The van der Waals surface area contributed by atoms with Crippen LogP contribution < -0.4 is 9.80 Å². The van der Waals surface area contributed by atoms with Crippen LogP contribution in [0.2, 0.25) is 25.7 Å². The Hall–Kier alpha value is -2.49. The molecule has 0 spiro atoms. The molecule has 3 aromatic heterocycles. The molecule has 2 atom stereocenters. The Morgan fingerprint density at radius 3 is 2.74 bits per heavy atom. The lowest BCUT2D eigenvalue weighted by atomic mass is 9.75. The van der Waals surface area contributed by atoms with Gasteiger partial charge >= 0.3 is 0 Å². The molecule has 9 heteroatoms. The maximum Gasteiger partial charge on any atom is 0.147 e. The number of ether oxygens (including phenoxy) is 1. The van der Waals surface area contributed by atoms with Gasteiger partial charge in [-0.1, -0.05) is 32.6 Å². The summed E-state index contributed by atoms with van der Waals surface area (Å²) in [7, 11) is -1.10. The van der Waals surface area contributed by atoms with Crippen LogP contribution in [-0.2, 0) is 18.1 Å². The molecule has 0 bridgehead atoms. The molecule has 2 aliphatic heterocycles. The van der Waals surface area contributed by atoms with Crippen molar-refractivity contribution in [1.29, 1.82) is 0 Å². The van der Waals surface area contributed by atoms with Gasteiger partial charge in [-0.15, -0.1) is 0 Å². The highest BCUT2D eigenvalue weighted by molar-refractivity contribution is 6.76. The quantitative estimate of drug-likeness (QED) is 0.375. The molecule has 3 aromatic rings. The molecule has 8 nitrogen and oxygen atoms in total. The number of anilines is 2. The van der Waals surface area contributed by atoms with E-state index in [9.17, 15) is 5.11 Å². The number of aliphatic hydroxyl groups is 1. The molecule has 35 heavy (non-hydrogen) atoms. The monoisotopic (exact) mass is 494 g/mol. The van der Waals surface area contributed by atoms with Crippen LogP contribution in [0.15, 0.2) is 36.9 Å². The molecule has 2 fully saturated rings. The summed E-state index contributed by atoms with van der Waals surface area (Å²) in [5.41, 5.74) is 1.96. The molecule has 0 aromatic carbocycles. The van der Waals surface area contributed by atoms with Crippen LogP contribution in [0.3, 0.4) is 0 Å². The van der Waals surface area contributed by atoms with Gasteiger partial charge in [0.2, 0.25) is 0 Å². The van der Waals surface area contributed by atoms with E-state index in [4.69, 9.17) is 9.72 Å². The molecule has 188 valence electrons. The number of fused-ring (bicyclic) bond motifs is 2. The van der Waals surface area contributed by atoms with Crippen LogP contribution in [0.5, 0.6) is 0 Å². The van der Waals surface area contributed by atoms with Crippen molar-refractivity contribution >= 4 is 30.7 Å². The lowest BCUT2D eigenvalue weighted by Gasteiger charge is -2.42. The number of nitrogens with zero attached hydrogens (tertiary/aromatic N) is 6. The number of hydrogen-bond acceptors (Lipinski definition) is 7. The summed E-state index contributed by atoms with van der Waals surface area (Å²) in [6, 6.07) is 7.15. The second-order valence-corrected chi connectivity index (χ2v) is 17.3. The fourth-order valence-electron chi connectivity index (χ4n) is 5.63. The minimum atomic E-state index is -1.10. The largest absolute Gasteiger partial charge is 0.392 e. The first-order valence-electron chi connectivity index (χ1n) is 12.7. The van der Waals surface area contributed by atoms with Gasteiger partial charge < -0.3 is 24.2 Å². The second-order valence-electron chi connectivity index (χ2n) is 11.7. The average molecular weight is 495 g/mol. The molecule has 5 heterocycles. The number of pyridine rings is 1. The molecule has 0 saturated carbocycles. The Bertz CT molecular complexity index is 1180. The first kappa shape index (κ1) is 24.2. The maximum absolute atomic E-state index is 9.80. The van der Waals surface area contributed by atoms with Gasteiger partial charge in [0.25, 0.3) is 0 Å². The number of aromatic nitrogens is 4. The van der Waals surface area contributed by atoms with Crippen molar-refractivity contribution in [2.75, 3.05) is 42.6 Å². The highest BCUT2D eigenvalue weighted by Gasteiger charge is 2.47. The Balaban J connectivity index is 1.31. The molecule has 5 rings (SSSR count). The topological polar surface area (TPSA) is 79.5 Å². The first-order valence-corrected chi connectivity index (χ1v) is 16.4. The van der Waals surface area contributed by atoms with Crippen molar-refractivity contribution in [3.8, 4) is 0 Å². The SMILES string of the molecule is C[C@]12CN(c3ncccc3CO)C[C@H]1CCN(c1ncnc3c1ccn3COCC[Si](C)(C)C)C2. The third kappa shape index (κ3) is 4.94. The Labute approximate surface area is 209 Å². The van der Waals surface area contributed by atoms with E-state index in [1.807, 2.05) is 18.3 Å². The van der Waals surface area contributed by atoms with Gasteiger partial charge in [-0.05, 0) is 30.5 Å². The summed E-state index contributed by atoms with van der Waals surface area (Å²) in [6.45, 7) is 14.7. The van der Waals surface area contributed by atoms with Crippen LogP contribution in [0, 0.1) is 11.3 Å². The minimum absolute atomic E-state index is 0.0188. The molecule has 2 saturated heterocycles. The zero-order valence-corrected chi connectivity index (χ0v) is 22.4. The number of rotatable bonds is 8. The van der Waals surface area contributed by atoms with Crippen molar-refractivity contribution in [1.82, 2.24) is 19.5 Å². The number of hydrogen-bond donors (Lipinski definition) is 1. The lowest BCUT2D eigenvalue weighted by Crippen LogP contribution is -2.47. The highest BCUT2D eigenvalue weighted by Crippen LogP contribution is 2.44. The van der Waals surface area contributed by atoms with Crippen molar-refractivity contribution < 1.29 is 9.84 Å². The molecule has 0 unspecified atom stereocenters. The molecule has 0 aliphatic carbocycles. The van der Waals surface area contributed by atoms with Gasteiger partial charge in [-0.25, -0.2) is 15.0 Å². The summed E-state index contributed by atoms with van der Waals surface area (Å²) in [4.78, 5) is 18.7. The van der Waals surface area contributed by atoms with Crippen molar-refractivity contribution in [3.05, 3.63) is 42.5 Å². The van der Waals surface area contributed by atoms with Crippen LogP contribution in [0.4, 0.5) is 11.6 Å². The van der Waals surface area contributed by atoms with Crippen LogP contribution in [0.25, 0.3) is 11.0 Å². The van der Waals surface area contributed by atoms with Crippen molar-refractivity contribution in [3.63, 3.8) is 0 Å². The normalized spacial score (nSPS) is 22.7. The number of aliphatic hydroxyl groups excluding tert-OH is 1. The molecule has 2 aliphatic rings. The van der Waals surface area contributed by atoms with E-state index in [0.29, 0.717) is 12.6 Å². The summed E-state index contributed by atoms with van der Waals surface area (Å²) >= 11 is 0. The summed E-state index contributed by atoms with van der Waals surface area (Å²) in [5, 5.41) is 10.9. The van der Waals surface area contributed by atoms with Crippen molar-refractivity contribution in [2.45, 2.75) is 52.4 Å². The summed E-state index contributed by atoms with van der Waals surface area (Å²) in [6.07, 6.45) is 6.69.